The van der Waals surface area contributed by atoms with Gasteiger partial charge in [0.05, 0.1) is 5.56 Å². The van der Waals surface area contributed by atoms with Crippen LogP contribution in [0.5, 0.6) is 11.5 Å². The van der Waals surface area contributed by atoms with Crippen LogP contribution in [0.25, 0.3) is 11.3 Å². The van der Waals surface area contributed by atoms with Crippen molar-refractivity contribution in [2.75, 3.05) is 19.6 Å². The maximum absolute atomic E-state index is 12.8. The lowest BCUT2D eigenvalue weighted by atomic mass is 9.84. The van der Waals surface area contributed by atoms with Crippen LogP contribution in [0.3, 0.4) is 0 Å². The first kappa shape index (κ1) is 18.0. The lowest BCUT2D eigenvalue weighted by Crippen LogP contribution is -2.57. The van der Waals surface area contributed by atoms with Crippen molar-refractivity contribution in [1.82, 2.24) is 10.2 Å². The van der Waals surface area contributed by atoms with Crippen LogP contribution in [0.2, 0.25) is 0 Å². The van der Waals surface area contributed by atoms with Gasteiger partial charge >= 0.3 is 0 Å². The molecule has 148 valence electrons. The molecule has 1 N–H and O–H groups in total. The zero-order valence-electron chi connectivity index (χ0n) is 16.2. The number of benzene rings is 2. The fraction of sp³-hybridized carbons (Fsp3) is 0.292. The molecule has 6 rings (SSSR count). The molecule has 1 amide bonds. The summed E-state index contributed by atoms with van der Waals surface area (Å²) >= 11 is 0. The van der Waals surface area contributed by atoms with Crippen LogP contribution in [0, 0.1) is 5.92 Å². The molecule has 2 aromatic carbocycles. The highest BCUT2D eigenvalue weighted by Gasteiger charge is 2.35. The number of para-hydroxylation sites is 2. The largest absolute Gasteiger partial charge is 0.457 e. The van der Waals surface area contributed by atoms with E-state index in [4.69, 9.17) is 9.15 Å². The topological polar surface area (TPSA) is 54.7 Å². The molecule has 3 aliphatic heterocycles. The molecule has 5 heteroatoms. The summed E-state index contributed by atoms with van der Waals surface area (Å²) < 4.78 is 11.9. The molecule has 3 saturated heterocycles. The van der Waals surface area contributed by atoms with E-state index in [2.05, 4.69) is 10.2 Å². The van der Waals surface area contributed by atoms with Gasteiger partial charge in [0.1, 0.15) is 17.3 Å². The van der Waals surface area contributed by atoms with Gasteiger partial charge in [-0.15, -0.1) is 0 Å². The summed E-state index contributed by atoms with van der Waals surface area (Å²) in [6.45, 7) is 3.25. The first-order chi connectivity index (χ1) is 14.3. The smallest absolute Gasteiger partial charge is 0.287 e. The van der Waals surface area contributed by atoms with Crippen molar-refractivity contribution in [1.29, 1.82) is 0 Å². The zero-order chi connectivity index (χ0) is 19.6. The van der Waals surface area contributed by atoms with Crippen LogP contribution >= 0.6 is 0 Å². The van der Waals surface area contributed by atoms with Crippen molar-refractivity contribution in [2.24, 2.45) is 5.92 Å². The summed E-state index contributed by atoms with van der Waals surface area (Å²) in [4.78, 5) is 15.2. The van der Waals surface area contributed by atoms with Gasteiger partial charge in [0.15, 0.2) is 5.76 Å². The normalized spacial score (nSPS) is 23.0. The average Bonchev–Trinajstić information content (AvgIpc) is 3.26. The molecule has 3 fully saturated rings. The molecule has 0 radical (unpaired) electrons. The third-order valence-corrected chi connectivity index (χ3v) is 5.93. The number of fused-ring (bicyclic) bond motifs is 3. The number of hydrogen-bond donors (Lipinski definition) is 1. The molecular formula is C24H24N2O3. The fourth-order valence-corrected chi connectivity index (χ4v) is 4.35. The summed E-state index contributed by atoms with van der Waals surface area (Å²) in [5, 5.41) is 3.18. The summed E-state index contributed by atoms with van der Waals surface area (Å²) in [5.41, 5.74) is 0.818. The Morgan fingerprint density at radius 3 is 2.48 bits per heavy atom. The summed E-state index contributed by atoms with van der Waals surface area (Å²) in [7, 11) is 0. The van der Waals surface area contributed by atoms with Crippen molar-refractivity contribution in [3.63, 3.8) is 0 Å². The fourth-order valence-electron chi connectivity index (χ4n) is 4.35. The van der Waals surface area contributed by atoms with Crippen molar-refractivity contribution in [2.45, 2.75) is 18.9 Å². The molecule has 0 spiro atoms. The van der Waals surface area contributed by atoms with Gasteiger partial charge in [0.2, 0.25) is 0 Å². The maximum Gasteiger partial charge on any atom is 0.287 e. The van der Waals surface area contributed by atoms with E-state index < -0.39 is 0 Å². The molecule has 0 unspecified atom stereocenters. The highest BCUT2D eigenvalue weighted by Crippen LogP contribution is 2.34. The van der Waals surface area contributed by atoms with Gasteiger partial charge in [-0.3, -0.25) is 4.79 Å². The predicted molar refractivity (Wildman–Crippen MR) is 111 cm³/mol. The van der Waals surface area contributed by atoms with Crippen molar-refractivity contribution < 1.29 is 13.9 Å². The van der Waals surface area contributed by atoms with Crippen molar-refractivity contribution in [3.8, 4) is 22.8 Å². The second kappa shape index (κ2) is 7.76. The number of carbonyl (C=O) groups excluding carboxylic acids is 1. The minimum absolute atomic E-state index is 0.142. The van der Waals surface area contributed by atoms with E-state index >= 15 is 0 Å². The number of nitrogens with one attached hydrogen (secondary N) is 1. The van der Waals surface area contributed by atoms with Gasteiger partial charge in [-0.1, -0.05) is 30.3 Å². The van der Waals surface area contributed by atoms with Crippen LogP contribution in [-0.2, 0) is 0 Å². The van der Waals surface area contributed by atoms with Gasteiger partial charge < -0.3 is 19.4 Å². The summed E-state index contributed by atoms with van der Waals surface area (Å²) in [6, 6.07) is 21.1. The first-order valence-electron chi connectivity index (χ1n) is 10.2. The third-order valence-electron chi connectivity index (χ3n) is 5.93. The third kappa shape index (κ3) is 3.78. The van der Waals surface area contributed by atoms with Crippen molar-refractivity contribution in [3.05, 3.63) is 72.5 Å². The van der Waals surface area contributed by atoms with Gasteiger partial charge in [0, 0.05) is 12.6 Å². The molecule has 3 aromatic rings. The molecule has 3 aliphatic rings. The van der Waals surface area contributed by atoms with Crippen LogP contribution in [0.15, 0.2) is 71.1 Å². The number of amides is 1. The Balaban J connectivity index is 1.33. The van der Waals surface area contributed by atoms with E-state index in [0.29, 0.717) is 23.2 Å². The summed E-state index contributed by atoms with van der Waals surface area (Å²) in [6.07, 6.45) is 2.33. The Morgan fingerprint density at radius 2 is 1.72 bits per heavy atom. The number of piperidine rings is 3. The Hall–Kier alpha value is -3.05. The van der Waals surface area contributed by atoms with Crippen LogP contribution in [0.4, 0.5) is 0 Å². The molecule has 29 heavy (non-hydrogen) atoms. The van der Waals surface area contributed by atoms with Crippen molar-refractivity contribution >= 4 is 5.91 Å². The van der Waals surface area contributed by atoms with Gasteiger partial charge in [-0.05, 0) is 68.2 Å². The Bertz CT molecular complexity index is 990. The lowest BCUT2D eigenvalue weighted by Gasteiger charge is -2.44. The first-order valence-corrected chi connectivity index (χ1v) is 10.2. The van der Waals surface area contributed by atoms with E-state index in [0.717, 1.165) is 30.9 Å². The average molecular weight is 388 g/mol. The van der Waals surface area contributed by atoms with E-state index in [-0.39, 0.29) is 11.9 Å². The maximum atomic E-state index is 12.8. The number of ether oxygens (including phenoxy) is 1. The number of furan rings is 1. The number of nitrogens with zero attached hydrogens (tertiary/aromatic N) is 1. The number of carbonyl (C=O) groups is 1. The van der Waals surface area contributed by atoms with E-state index in [1.54, 1.807) is 6.07 Å². The van der Waals surface area contributed by atoms with E-state index in [1.165, 1.54) is 12.8 Å². The molecular weight excluding hydrogens is 364 g/mol. The molecule has 0 aliphatic carbocycles. The number of hydrogen-bond acceptors (Lipinski definition) is 4. The van der Waals surface area contributed by atoms with E-state index in [1.807, 2.05) is 60.7 Å². The second-order valence-electron chi connectivity index (χ2n) is 7.79. The monoisotopic (exact) mass is 388 g/mol. The highest BCUT2D eigenvalue weighted by atomic mass is 16.5. The Morgan fingerprint density at radius 1 is 0.966 bits per heavy atom. The van der Waals surface area contributed by atoms with Crippen LogP contribution < -0.4 is 10.1 Å². The Labute approximate surface area is 170 Å². The molecule has 5 nitrogen and oxygen atoms in total. The van der Waals surface area contributed by atoms with Gasteiger partial charge in [0.25, 0.3) is 5.91 Å². The quantitative estimate of drug-likeness (QED) is 0.696. The lowest BCUT2D eigenvalue weighted by molar-refractivity contribution is 0.0606. The molecule has 1 aromatic heterocycles. The van der Waals surface area contributed by atoms with Gasteiger partial charge in [-0.2, -0.15) is 0 Å². The number of rotatable bonds is 5. The molecule has 0 saturated carbocycles. The molecule has 2 bridgehead atoms. The zero-order valence-corrected chi connectivity index (χ0v) is 16.2. The van der Waals surface area contributed by atoms with Crippen LogP contribution in [0.1, 0.15) is 23.4 Å². The molecule has 4 heterocycles. The van der Waals surface area contributed by atoms with Gasteiger partial charge in [-0.25, -0.2) is 0 Å². The molecule has 1 atom stereocenters. The highest BCUT2D eigenvalue weighted by molar-refractivity contribution is 5.92. The predicted octanol–water partition coefficient (Wildman–Crippen LogP) is 4.56. The SMILES string of the molecule is O=C(N[C@H]1CN2CCC1CC2)c1ccc(-c2ccccc2Oc2ccccc2)o1. The Kier molecular flexibility index (Phi) is 4.82. The minimum atomic E-state index is -0.142. The standard InChI is InChI=1S/C24H24N2O3/c27-24(25-20-16-26-14-12-17(20)13-15-26)23-11-10-22(29-23)19-8-4-5-9-21(19)28-18-6-2-1-3-7-18/h1-11,17,20H,12-16H2,(H,25,27)/t20-/m0/s1. The van der Waals surface area contributed by atoms with Crippen LogP contribution in [-0.4, -0.2) is 36.5 Å². The van der Waals surface area contributed by atoms with E-state index in [9.17, 15) is 4.79 Å². The second-order valence-corrected chi connectivity index (χ2v) is 7.79. The minimum Gasteiger partial charge on any atom is -0.457 e. The summed E-state index contributed by atoms with van der Waals surface area (Å²) in [5.74, 6) is 2.85.